The number of nitrogens with zero attached hydrogens (tertiary/aromatic N) is 5. The summed E-state index contributed by atoms with van der Waals surface area (Å²) in [6, 6.07) is 26.1. The highest BCUT2D eigenvalue weighted by Gasteiger charge is 2.18. The number of aromatic nitrogens is 4. The van der Waals surface area contributed by atoms with Crippen LogP contribution >= 0.6 is 12.2 Å². The molecule has 5 rings (SSSR count). The smallest absolute Gasteiger partial charge is 0.267 e. The molecule has 0 spiro atoms. The second-order valence-corrected chi connectivity index (χ2v) is 9.48. The Morgan fingerprint density at radius 3 is 2.37 bits per heavy atom. The molecule has 7 heteroatoms. The lowest BCUT2D eigenvalue weighted by Crippen LogP contribution is -2.23. The van der Waals surface area contributed by atoms with Crippen LogP contribution < -0.4 is 5.56 Å². The molecule has 0 aliphatic rings. The molecule has 0 aliphatic carbocycles. The normalized spacial score (nSPS) is 12.6. The molecule has 5 aromatic rings. The topological polar surface area (TPSA) is 47.5 Å². The van der Waals surface area contributed by atoms with E-state index in [0.717, 1.165) is 24.2 Å². The minimum absolute atomic E-state index is 0.103. The number of rotatable bonds is 7. The van der Waals surface area contributed by atoms with Crippen LogP contribution in [0.15, 0.2) is 83.7 Å². The van der Waals surface area contributed by atoms with Gasteiger partial charge in [0.2, 0.25) is 10.5 Å². The van der Waals surface area contributed by atoms with E-state index in [4.69, 9.17) is 17.3 Å². The molecule has 0 saturated carbocycles. The summed E-state index contributed by atoms with van der Waals surface area (Å²) in [4.78, 5) is 15.8. The molecular formula is C28H29N5OS. The highest BCUT2D eigenvalue weighted by molar-refractivity contribution is 7.71. The second-order valence-electron chi connectivity index (χ2n) is 9.12. The molecule has 0 fully saturated rings. The Bertz CT molecular complexity index is 1600. The molecule has 35 heavy (non-hydrogen) atoms. The summed E-state index contributed by atoms with van der Waals surface area (Å²) in [6.45, 7) is 5.66. The predicted molar refractivity (Wildman–Crippen MR) is 144 cm³/mol. The maximum Gasteiger partial charge on any atom is 0.267 e. The zero-order chi connectivity index (χ0) is 24.5. The van der Waals surface area contributed by atoms with Crippen molar-refractivity contribution in [1.82, 2.24) is 23.6 Å². The molecule has 2 aromatic heterocycles. The fourth-order valence-electron chi connectivity index (χ4n) is 4.50. The van der Waals surface area contributed by atoms with Gasteiger partial charge in [-0.3, -0.25) is 14.1 Å². The predicted octanol–water partition coefficient (Wildman–Crippen LogP) is 5.77. The molecule has 0 aliphatic heterocycles. The summed E-state index contributed by atoms with van der Waals surface area (Å²) in [5, 5.41) is 5.46. The van der Waals surface area contributed by atoms with Crippen molar-refractivity contribution in [2.75, 3.05) is 7.05 Å². The summed E-state index contributed by atoms with van der Waals surface area (Å²) < 4.78 is 5.93. The molecule has 1 atom stereocenters. The highest BCUT2D eigenvalue weighted by atomic mass is 32.1. The quantitative estimate of drug-likeness (QED) is 0.276. The van der Waals surface area contributed by atoms with Gasteiger partial charge >= 0.3 is 0 Å². The lowest BCUT2D eigenvalue weighted by molar-refractivity contribution is 0.244. The summed E-state index contributed by atoms with van der Waals surface area (Å²) in [7, 11) is 2.04. The van der Waals surface area contributed by atoms with E-state index in [9.17, 15) is 4.79 Å². The number of hydrogen-bond donors (Lipinski definition) is 0. The fourth-order valence-corrected chi connectivity index (χ4v) is 4.78. The third-order valence-corrected chi connectivity index (χ3v) is 7.00. The first-order chi connectivity index (χ1) is 17.0. The van der Waals surface area contributed by atoms with Gasteiger partial charge in [-0.15, -0.1) is 5.10 Å². The van der Waals surface area contributed by atoms with Gasteiger partial charge in [-0.05, 0) is 67.0 Å². The third kappa shape index (κ3) is 4.33. The van der Waals surface area contributed by atoms with Crippen molar-refractivity contribution in [3.05, 3.63) is 105 Å². The number of fused-ring (bicyclic) bond motifs is 3. The van der Waals surface area contributed by atoms with E-state index in [1.54, 1.807) is 9.25 Å². The molecule has 0 bridgehead atoms. The minimum atomic E-state index is -0.103. The van der Waals surface area contributed by atoms with E-state index in [-0.39, 0.29) is 5.56 Å². The molecule has 1 unspecified atom stereocenters. The molecule has 0 radical (unpaired) electrons. The highest BCUT2D eigenvalue weighted by Crippen LogP contribution is 2.22. The van der Waals surface area contributed by atoms with Crippen molar-refractivity contribution in [3.63, 3.8) is 0 Å². The van der Waals surface area contributed by atoms with Crippen molar-refractivity contribution < 1.29 is 0 Å². The monoisotopic (exact) mass is 483 g/mol. The Balaban J connectivity index is 1.65. The van der Waals surface area contributed by atoms with Gasteiger partial charge in [-0.2, -0.15) is 0 Å². The van der Waals surface area contributed by atoms with Crippen molar-refractivity contribution in [2.45, 2.75) is 39.4 Å². The van der Waals surface area contributed by atoms with Gasteiger partial charge in [-0.1, -0.05) is 68.4 Å². The second kappa shape index (κ2) is 9.60. The van der Waals surface area contributed by atoms with E-state index < -0.39 is 0 Å². The van der Waals surface area contributed by atoms with Gasteiger partial charge in [0.25, 0.3) is 5.56 Å². The van der Waals surface area contributed by atoms with Gasteiger partial charge in [0.15, 0.2) is 0 Å². The van der Waals surface area contributed by atoms with Crippen LogP contribution in [-0.2, 0) is 13.2 Å². The SMILES string of the molecule is CCC(C)c1ccc(-n2c(=O)c3ccccc3n3c(=S)n(CN(C)Cc4ccccc4)nc23)cc1. The average molecular weight is 484 g/mol. The maximum absolute atomic E-state index is 13.7. The zero-order valence-electron chi connectivity index (χ0n) is 20.3. The minimum Gasteiger partial charge on any atom is -0.283 e. The van der Waals surface area contributed by atoms with Crippen molar-refractivity contribution >= 4 is 28.9 Å². The van der Waals surface area contributed by atoms with Crippen molar-refractivity contribution in [2.24, 2.45) is 0 Å². The summed E-state index contributed by atoms with van der Waals surface area (Å²) >= 11 is 5.88. The van der Waals surface area contributed by atoms with Gasteiger partial charge < -0.3 is 0 Å². The van der Waals surface area contributed by atoms with Crippen LogP contribution in [0.1, 0.15) is 37.3 Å². The Hall–Kier alpha value is -3.55. The number of hydrogen-bond acceptors (Lipinski definition) is 4. The Morgan fingerprint density at radius 2 is 1.66 bits per heavy atom. The molecule has 0 N–H and O–H groups in total. The van der Waals surface area contributed by atoms with E-state index in [1.165, 1.54) is 11.1 Å². The first-order valence-electron chi connectivity index (χ1n) is 11.9. The van der Waals surface area contributed by atoms with Gasteiger partial charge in [0.05, 0.1) is 23.3 Å². The summed E-state index contributed by atoms with van der Waals surface area (Å²) in [5.74, 6) is 0.980. The van der Waals surface area contributed by atoms with E-state index in [1.807, 2.05) is 66.0 Å². The average Bonchev–Trinajstić information content (AvgIpc) is 3.20. The molecule has 6 nitrogen and oxygen atoms in total. The first-order valence-corrected chi connectivity index (χ1v) is 12.3. The summed E-state index contributed by atoms with van der Waals surface area (Å²) in [6.07, 6.45) is 1.07. The van der Waals surface area contributed by atoms with Gasteiger partial charge in [0, 0.05) is 6.54 Å². The standard InChI is InChI=1S/C28H29N5OS/c1-4-20(2)22-14-16-23(17-15-22)32-26(34)24-12-8-9-13-25(24)33-27(32)29-31(28(33)35)19-30(3)18-21-10-6-5-7-11-21/h5-17,20H,4,18-19H2,1-3H3. The molecule has 0 amide bonds. The van der Waals surface area contributed by atoms with E-state index in [2.05, 4.69) is 43.0 Å². The van der Waals surface area contributed by atoms with Crippen LogP contribution in [0.4, 0.5) is 0 Å². The van der Waals surface area contributed by atoms with Crippen LogP contribution in [0.3, 0.4) is 0 Å². The summed E-state index contributed by atoms with van der Waals surface area (Å²) in [5.41, 5.74) is 3.92. The molecular weight excluding hydrogens is 454 g/mol. The third-order valence-electron chi connectivity index (χ3n) is 6.60. The Morgan fingerprint density at radius 1 is 0.971 bits per heavy atom. The number of benzene rings is 3. The largest absolute Gasteiger partial charge is 0.283 e. The lowest BCUT2D eigenvalue weighted by Gasteiger charge is -2.16. The van der Waals surface area contributed by atoms with Crippen LogP contribution in [0.5, 0.6) is 0 Å². The fraction of sp³-hybridized carbons (Fsp3) is 0.250. The van der Waals surface area contributed by atoms with Gasteiger partial charge in [-0.25, -0.2) is 9.25 Å². The van der Waals surface area contributed by atoms with E-state index >= 15 is 0 Å². The molecule has 178 valence electrons. The molecule has 2 heterocycles. The van der Waals surface area contributed by atoms with Crippen LogP contribution in [0.25, 0.3) is 22.4 Å². The van der Waals surface area contributed by atoms with Crippen molar-refractivity contribution in [3.8, 4) is 5.69 Å². The number of para-hydroxylation sites is 1. The van der Waals surface area contributed by atoms with Crippen molar-refractivity contribution in [1.29, 1.82) is 0 Å². The Kier molecular flexibility index (Phi) is 6.36. The lowest BCUT2D eigenvalue weighted by atomic mass is 9.98. The van der Waals surface area contributed by atoms with Gasteiger partial charge in [0.1, 0.15) is 0 Å². The van der Waals surface area contributed by atoms with Crippen LogP contribution in [-0.4, -0.2) is 30.7 Å². The first kappa shape index (κ1) is 23.2. The van der Waals surface area contributed by atoms with E-state index in [0.29, 0.717) is 28.5 Å². The molecule has 3 aromatic carbocycles. The molecule has 0 saturated heterocycles. The maximum atomic E-state index is 13.7. The zero-order valence-corrected chi connectivity index (χ0v) is 21.1. The van der Waals surface area contributed by atoms with Crippen LogP contribution in [0.2, 0.25) is 0 Å². The van der Waals surface area contributed by atoms with Crippen LogP contribution in [0, 0.1) is 4.77 Å². The Labute approximate surface area is 209 Å².